The van der Waals surface area contributed by atoms with E-state index >= 15 is 0 Å². The minimum Gasteiger partial charge on any atom is -0.331 e. The molecule has 2 atom stereocenters. The smallest absolute Gasteiger partial charge is 0.178 e. The van der Waals surface area contributed by atoms with Crippen molar-refractivity contribution in [2.24, 2.45) is 11.8 Å². The van der Waals surface area contributed by atoms with Gasteiger partial charge in [0.1, 0.15) is 0 Å². The number of hydrogen-bond donors (Lipinski definition) is 1. The van der Waals surface area contributed by atoms with Crippen LogP contribution in [0.5, 0.6) is 0 Å². The summed E-state index contributed by atoms with van der Waals surface area (Å²) in [6.45, 7) is 4.69. The maximum Gasteiger partial charge on any atom is 0.178 e. The minimum atomic E-state index is 0.541. The number of nitrogens with one attached hydrogen (secondary N) is 1. The molecular weight excluding hydrogens is 332 g/mol. The Morgan fingerprint density at radius 3 is 2.80 bits per heavy atom. The van der Waals surface area contributed by atoms with Gasteiger partial charge in [-0.1, -0.05) is 42.6 Å². The Labute approximate surface area is 133 Å². The normalized spacial score (nSPS) is 23.6. The summed E-state index contributed by atoms with van der Waals surface area (Å²) in [5, 5.41) is 0. The first kappa shape index (κ1) is 14.3. The first-order valence-electron chi connectivity index (χ1n) is 7.47. The highest BCUT2D eigenvalue weighted by molar-refractivity contribution is 9.10. The lowest BCUT2D eigenvalue weighted by molar-refractivity contribution is 0.186. The van der Waals surface area contributed by atoms with Crippen LogP contribution in [0.15, 0.2) is 22.7 Å². The number of halogens is 1. The number of benzene rings is 1. The van der Waals surface area contributed by atoms with E-state index in [0.29, 0.717) is 12.0 Å². The monoisotopic (exact) mass is 352 g/mol. The van der Waals surface area contributed by atoms with Crippen LogP contribution in [0.3, 0.4) is 0 Å². The summed E-state index contributed by atoms with van der Waals surface area (Å²) in [6, 6.07) is 6.91. The third kappa shape index (κ3) is 2.48. The van der Waals surface area contributed by atoms with Gasteiger partial charge in [0, 0.05) is 10.5 Å². The first-order valence-corrected chi connectivity index (χ1v) is 8.68. The predicted octanol–water partition coefficient (Wildman–Crippen LogP) is 5.85. The zero-order chi connectivity index (χ0) is 14.3. The van der Waals surface area contributed by atoms with E-state index in [4.69, 9.17) is 12.2 Å². The van der Waals surface area contributed by atoms with E-state index < -0.39 is 0 Å². The molecule has 1 aromatic heterocycles. The molecule has 1 aromatic carbocycles. The highest BCUT2D eigenvalue weighted by Gasteiger charge is 2.30. The summed E-state index contributed by atoms with van der Waals surface area (Å²) >= 11 is 9.19. The fourth-order valence-electron chi connectivity index (χ4n) is 3.66. The van der Waals surface area contributed by atoms with Crippen LogP contribution in [-0.2, 0) is 0 Å². The number of H-pyrrole nitrogens is 1. The Morgan fingerprint density at radius 2 is 2.05 bits per heavy atom. The summed E-state index contributed by atoms with van der Waals surface area (Å²) in [5.74, 6) is 1.44. The van der Waals surface area contributed by atoms with Gasteiger partial charge >= 0.3 is 0 Å². The Balaban J connectivity index is 2.14. The molecule has 4 heteroatoms. The number of hydrogen-bond acceptors (Lipinski definition) is 1. The molecule has 1 saturated carbocycles. The van der Waals surface area contributed by atoms with Crippen LogP contribution in [-0.4, -0.2) is 9.55 Å². The molecule has 108 valence electrons. The Bertz CT molecular complexity index is 671. The molecule has 1 aliphatic carbocycles. The molecule has 0 amide bonds. The molecule has 1 heterocycles. The summed E-state index contributed by atoms with van der Waals surface area (Å²) in [5.41, 5.74) is 2.38. The van der Waals surface area contributed by atoms with Crippen molar-refractivity contribution in [1.29, 1.82) is 0 Å². The van der Waals surface area contributed by atoms with Crippen LogP contribution >= 0.6 is 28.1 Å². The van der Waals surface area contributed by atoms with Crippen molar-refractivity contribution in [3.8, 4) is 0 Å². The molecule has 2 aromatic rings. The molecule has 0 aliphatic heterocycles. The number of aromatic nitrogens is 2. The topological polar surface area (TPSA) is 20.7 Å². The van der Waals surface area contributed by atoms with Crippen molar-refractivity contribution >= 4 is 39.2 Å². The molecule has 2 nitrogen and oxygen atoms in total. The first-order chi connectivity index (χ1) is 9.58. The molecule has 0 saturated heterocycles. The highest BCUT2D eigenvalue weighted by Crippen LogP contribution is 2.40. The van der Waals surface area contributed by atoms with Gasteiger partial charge in [-0.25, -0.2) is 0 Å². The van der Waals surface area contributed by atoms with Crippen LogP contribution in [0, 0.1) is 16.6 Å². The van der Waals surface area contributed by atoms with Crippen LogP contribution in [0.1, 0.15) is 45.6 Å². The van der Waals surface area contributed by atoms with Gasteiger partial charge in [-0.05, 0) is 55.1 Å². The second-order valence-corrected chi connectivity index (χ2v) is 7.52. The van der Waals surface area contributed by atoms with Gasteiger partial charge < -0.3 is 9.55 Å². The SMILES string of the molecule is CC(C)C1CCCCC1n1c(=S)[nH]c2ccc(Br)cc21. The molecule has 0 spiro atoms. The summed E-state index contributed by atoms with van der Waals surface area (Å²) < 4.78 is 4.36. The molecule has 1 aliphatic rings. The molecule has 0 bridgehead atoms. The van der Waals surface area contributed by atoms with E-state index in [1.165, 1.54) is 31.2 Å². The van der Waals surface area contributed by atoms with Crippen molar-refractivity contribution in [2.75, 3.05) is 0 Å². The highest BCUT2D eigenvalue weighted by atomic mass is 79.9. The maximum atomic E-state index is 5.61. The molecule has 20 heavy (non-hydrogen) atoms. The largest absolute Gasteiger partial charge is 0.331 e. The van der Waals surface area contributed by atoms with E-state index in [1.54, 1.807) is 0 Å². The number of aromatic amines is 1. The average molecular weight is 353 g/mol. The Kier molecular flexibility index (Phi) is 4.04. The zero-order valence-electron chi connectivity index (χ0n) is 12.0. The predicted molar refractivity (Wildman–Crippen MR) is 90.7 cm³/mol. The molecule has 3 rings (SSSR count). The van der Waals surface area contributed by atoms with Crippen molar-refractivity contribution in [3.05, 3.63) is 27.4 Å². The fourth-order valence-corrected chi connectivity index (χ4v) is 4.35. The fraction of sp³-hybridized carbons (Fsp3) is 0.562. The second-order valence-electron chi connectivity index (χ2n) is 6.22. The Morgan fingerprint density at radius 1 is 1.30 bits per heavy atom. The van der Waals surface area contributed by atoms with E-state index in [-0.39, 0.29) is 0 Å². The summed E-state index contributed by atoms with van der Waals surface area (Å²) in [7, 11) is 0. The van der Waals surface area contributed by atoms with E-state index in [0.717, 1.165) is 20.7 Å². The van der Waals surface area contributed by atoms with Crippen molar-refractivity contribution < 1.29 is 0 Å². The van der Waals surface area contributed by atoms with Crippen molar-refractivity contribution in [2.45, 2.75) is 45.6 Å². The summed E-state index contributed by atoms with van der Waals surface area (Å²) in [4.78, 5) is 3.37. The molecule has 0 radical (unpaired) electrons. The molecule has 2 unspecified atom stereocenters. The maximum absolute atomic E-state index is 5.61. The van der Waals surface area contributed by atoms with E-state index in [9.17, 15) is 0 Å². The molecular formula is C16H21BrN2S. The van der Waals surface area contributed by atoms with E-state index in [2.05, 4.69) is 57.5 Å². The average Bonchev–Trinajstić information content (AvgIpc) is 2.74. The van der Waals surface area contributed by atoms with Gasteiger partial charge in [-0.2, -0.15) is 0 Å². The molecule has 1 N–H and O–H groups in total. The third-order valence-corrected chi connectivity index (χ3v) is 5.44. The van der Waals surface area contributed by atoms with Gasteiger partial charge in [-0.15, -0.1) is 0 Å². The lowest BCUT2D eigenvalue weighted by Gasteiger charge is -2.35. The lowest BCUT2D eigenvalue weighted by atomic mass is 9.77. The molecule has 1 fully saturated rings. The van der Waals surface area contributed by atoms with Crippen molar-refractivity contribution in [1.82, 2.24) is 9.55 Å². The van der Waals surface area contributed by atoms with Crippen LogP contribution in [0.25, 0.3) is 11.0 Å². The van der Waals surface area contributed by atoms with Gasteiger partial charge in [0.25, 0.3) is 0 Å². The number of rotatable bonds is 2. The van der Waals surface area contributed by atoms with Gasteiger partial charge in [0.05, 0.1) is 11.0 Å². The van der Waals surface area contributed by atoms with E-state index in [1.807, 2.05) is 0 Å². The van der Waals surface area contributed by atoms with Gasteiger partial charge in [0.2, 0.25) is 0 Å². The number of fused-ring (bicyclic) bond motifs is 1. The van der Waals surface area contributed by atoms with Gasteiger partial charge in [-0.3, -0.25) is 0 Å². The van der Waals surface area contributed by atoms with Crippen LogP contribution < -0.4 is 0 Å². The standard InChI is InChI=1S/C16H21BrN2S/c1-10(2)12-5-3-4-6-14(12)19-15-9-11(17)7-8-13(15)18-16(19)20/h7-10,12,14H,3-6H2,1-2H3,(H,18,20). The second kappa shape index (κ2) is 5.64. The lowest BCUT2D eigenvalue weighted by Crippen LogP contribution is -2.27. The minimum absolute atomic E-state index is 0.541. The van der Waals surface area contributed by atoms with Crippen LogP contribution in [0.4, 0.5) is 0 Å². The van der Waals surface area contributed by atoms with Crippen molar-refractivity contribution in [3.63, 3.8) is 0 Å². The number of imidazole rings is 1. The van der Waals surface area contributed by atoms with Crippen LogP contribution in [0.2, 0.25) is 0 Å². The summed E-state index contributed by atoms with van der Waals surface area (Å²) in [6.07, 6.45) is 5.25. The van der Waals surface area contributed by atoms with Gasteiger partial charge in [0.15, 0.2) is 4.77 Å². The third-order valence-electron chi connectivity index (χ3n) is 4.65. The Hall–Kier alpha value is -0.610. The number of nitrogens with zero attached hydrogens (tertiary/aromatic N) is 1. The zero-order valence-corrected chi connectivity index (χ0v) is 14.4. The quantitative estimate of drug-likeness (QED) is 0.672.